The Bertz CT molecular complexity index is 263. The normalized spacial score (nSPS) is 20.9. The summed E-state index contributed by atoms with van der Waals surface area (Å²) in [6, 6.07) is 0. The molecule has 1 aliphatic carbocycles. The van der Waals surface area contributed by atoms with E-state index >= 15 is 0 Å². The van der Waals surface area contributed by atoms with Crippen LogP contribution in [0.1, 0.15) is 12.8 Å². The summed E-state index contributed by atoms with van der Waals surface area (Å²) >= 11 is 0. The van der Waals surface area contributed by atoms with Crippen LogP contribution in [-0.2, 0) is 9.53 Å². The lowest BCUT2D eigenvalue weighted by Crippen LogP contribution is -2.48. The highest BCUT2D eigenvalue weighted by atomic mass is 16.5. The lowest BCUT2D eigenvalue weighted by molar-refractivity contribution is -0.131. The van der Waals surface area contributed by atoms with Crippen LogP contribution in [0.25, 0.3) is 0 Å². The molecule has 18 heavy (non-hydrogen) atoms. The first-order valence-electron chi connectivity index (χ1n) is 7.00. The second-order valence-corrected chi connectivity index (χ2v) is 5.36. The molecule has 1 saturated heterocycles. The minimum Gasteiger partial charge on any atom is -0.379 e. The van der Waals surface area contributed by atoms with Gasteiger partial charge in [0.25, 0.3) is 0 Å². The highest BCUT2D eigenvalue weighted by molar-refractivity contribution is 5.77. The molecule has 5 heteroatoms. The van der Waals surface area contributed by atoms with Crippen molar-refractivity contribution in [2.24, 2.45) is 5.92 Å². The second-order valence-electron chi connectivity index (χ2n) is 5.36. The maximum Gasteiger partial charge on any atom is 0.236 e. The smallest absolute Gasteiger partial charge is 0.236 e. The molecular formula is C13H25N3O2. The van der Waals surface area contributed by atoms with Gasteiger partial charge in [-0.3, -0.25) is 9.69 Å². The molecule has 2 rings (SSSR count). The van der Waals surface area contributed by atoms with Gasteiger partial charge in [-0.1, -0.05) is 0 Å². The van der Waals surface area contributed by atoms with Crippen LogP contribution in [0.15, 0.2) is 0 Å². The van der Waals surface area contributed by atoms with Gasteiger partial charge in [0.2, 0.25) is 5.91 Å². The fourth-order valence-electron chi connectivity index (χ4n) is 2.04. The minimum absolute atomic E-state index is 0.201. The first-order chi connectivity index (χ1) is 8.75. The van der Waals surface area contributed by atoms with Crippen LogP contribution in [0, 0.1) is 5.92 Å². The van der Waals surface area contributed by atoms with Gasteiger partial charge in [-0.25, -0.2) is 0 Å². The van der Waals surface area contributed by atoms with Crippen molar-refractivity contribution in [2.75, 3.05) is 59.5 Å². The molecule has 0 spiro atoms. The quantitative estimate of drug-likeness (QED) is 0.639. The summed E-state index contributed by atoms with van der Waals surface area (Å²) in [4.78, 5) is 16.0. The number of hydrogen-bond acceptors (Lipinski definition) is 4. The zero-order valence-electron chi connectivity index (χ0n) is 11.4. The van der Waals surface area contributed by atoms with Crippen LogP contribution in [0.3, 0.4) is 0 Å². The van der Waals surface area contributed by atoms with Gasteiger partial charge in [0, 0.05) is 46.4 Å². The highest BCUT2D eigenvalue weighted by Gasteiger charge is 2.21. The first-order valence-corrected chi connectivity index (χ1v) is 7.00. The molecular weight excluding hydrogens is 230 g/mol. The molecule has 0 atom stereocenters. The summed E-state index contributed by atoms with van der Waals surface area (Å²) in [5, 5.41) is 3.29. The standard InChI is InChI=1S/C13H25N3O2/c1-15(8-9-18-11-12-2-3-12)13(17)10-16-6-4-14-5-7-16/h12,14H,2-11H2,1H3. The van der Waals surface area contributed by atoms with Crippen LogP contribution in [0.5, 0.6) is 0 Å². The number of amides is 1. The van der Waals surface area contributed by atoms with Crippen molar-refractivity contribution in [1.29, 1.82) is 0 Å². The molecule has 0 aromatic heterocycles. The van der Waals surface area contributed by atoms with Gasteiger partial charge >= 0.3 is 0 Å². The van der Waals surface area contributed by atoms with Crippen molar-refractivity contribution in [3.05, 3.63) is 0 Å². The number of likely N-dealkylation sites (N-methyl/N-ethyl adjacent to an activating group) is 1. The van der Waals surface area contributed by atoms with Crippen molar-refractivity contribution < 1.29 is 9.53 Å². The number of hydrogen-bond donors (Lipinski definition) is 1. The second kappa shape index (κ2) is 7.07. The Morgan fingerprint density at radius 2 is 2.11 bits per heavy atom. The number of piperazine rings is 1. The van der Waals surface area contributed by atoms with E-state index in [4.69, 9.17) is 4.74 Å². The Balaban J connectivity index is 1.54. The zero-order chi connectivity index (χ0) is 12.8. The van der Waals surface area contributed by atoms with E-state index in [1.807, 2.05) is 7.05 Å². The van der Waals surface area contributed by atoms with Crippen LogP contribution in [0.2, 0.25) is 0 Å². The zero-order valence-corrected chi connectivity index (χ0v) is 11.4. The molecule has 5 nitrogen and oxygen atoms in total. The summed E-state index contributed by atoms with van der Waals surface area (Å²) in [7, 11) is 1.87. The predicted octanol–water partition coefficient (Wildman–Crippen LogP) is -0.223. The molecule has 1 N–H and O–H groups in total. The van der Waals surface area contributed by atoms with E-state index in [0.29, 0.717) is 19.7 Å². The van der Waals surface area contributed by atoms with Crippen LogP contribution < -0.4 is 5.32 Å². The van der Waals surface area contributed by atoms with Gasteiger partial charge in [0.05, 0.1) is 13.2 Å². The van der Waals surface area contributed by atoms with Crippen molar-refractivity contribution in [1.82, 2.24) is 15.1 Å². The fraction of sp³-hybridized carbons (Fsp3) is 0.923. The Labute approximate surface area is 109 Å². The summed E-state index contributed by atoms with van der Waals surface area (Å²) in [5.41, 5.74) is 0. The monoisotopic (exact) mass is 255 g/mol. The van der Waals surface area contributed by atoms with Gasteiger partial charge in [0.15, 0.2) is 0 Å². The van der Waals surface area contributed by atoms with E-state index in [1.165, 1.54) is 12.8 Å². The number of nitrogens with one attached hydrogen (secondary N) is 1. The first kappa shape index (κ1) is 13.8. The predicted molar refractivity (Wildman–Crippen MR) is 70.5 cm³/mol. The van der Waals surface area contributed by atoms with Crippen molar-refractivity contribution >= 4 is 5.91 Å². The number of carbonyl (C=O) groups excluding carboxylic acids is 1. The van der Waals surface area contributed by atoms with E-state index in [1.54, 1.807) is 4.90 Å². The number of rotatable bonds is 7. The van der Waals surface area contributed by atoms with Gasteiger partial charge < -0.3 is 15.0 Å². The molecule has 104 valence electrons. The number of ether oxygens (including phenoxy) is 1. The highest BCUT2D eigenvalue weighted by Crippen LogP contribution is 2.28. The minimum atomic E-state index is 0.201. The SMILES string of the molecule is CN(CCOCC1CC1)C(=O)CN1CCNCC1. The molecule has 1 heterocycles. The fourth-order valence-corrected chi connectivity index (χ4v) is 2.04. The van der Waals surface area contributed by atoms with Gasteiger partial charge in [-0.2, -0.15) is 0 Å². The average Bonchev–Trinajstić information content (AvgIpc) is 3.19. The third-order valence-electron chi connectivity index (χ3n) is 3.62. The molecule has 0 aromatic rings. The molecule has 2 fully saturated rings. The van der Waals surface area contributed by atoms with E-state index in [2.05, 4.69) is 10.2 Å². The summed E-state index contributed by atoms with van der Waals surface area (Å²) in [6.07, 6.45) is 2.63. The van der Waals surface area contributed by atoms with Crippen molar-refractivity contribution in [3.8, 4) is 0 Å². The van der Waals surface area contributed by atoms with Crippen LogP contribution in [-0.4, -0.2) is 75.2 Å². The Morgan fingerprint density at radius 3 is 2.78 bits per heavy atom. The molecule has 2 aliphatic rings. The molecule has 0 bridgehead atoms. The average molecular weight is 255 g/mol. The van der Waals surface area contributed by atoms with Crippen LogP contribution >= 0.6 is 0 Å². The Hall–Kier alpha value is -0.650. The maximum absolute atomic E-state index is 12.0. The topological polar surface area (TPSA) is 44.8 Å². The lowest BCUT2D eigenvalue weighted by Gasteiger charge is -2.28. The third-order valence-corrected chi connectivity index (χ3v) is 3.62. The largest absolute Gasteiger partial charge is 0.379 e. The molecule has 0 radical (unpaired) electrons. The van der Waals surface area contributed by atoms with E-state index in [-0.39, 0.29) is 5.91 Å². The van der Waals surface area contributed by atoms with E-state index < -0.39 is 0 Å². The van der Waals surface area contributed by atoms with Gasteiger partial charge in [0.1, 0.15) is 0 Å². The van der Waals surface area contributed by atoms with Crippen molar-refractivity contribution in [2.45, 2.75) is 12.8 Å². The van der Waals surface area contributed by atoms with Crippen LogP contribution in [0.4, 0.5) is 0 Å². The summed E-state index contributed by atoms with van der Waals surface area (Å²) in [5.74, 6) is 0.999. The summed E-state index contributed by atoms with van der Waals surface area (Å²) < 4.78 is 5.55. The van der Waals surface area contributed by atoms with Crippen molar-refractivity contribution in [3.63, 3.8) is 0 Å². The molecule has 0 aromatic carbocycles. The lowest BCUT2D eigenvalue weighted by atomic mass is 10.3. The summed E-state index contributed by atoms with van der Waals surface area (Å²) in [6.45, 7) is 6.71. The Morgan fingerprint density at radius 1 is 1.39 bits per heavy atom. The maximum atomic E-state index is 12.0. The van der Waals surface area contributed by atoms with Gasteiger partial charge in [-0.05, 0) is 18.8 Å². The van der Waals surface area contributed by atoms with E-state index in [9.17, 15) is 4.79 Å². The number of nitrogens with zero attached hydrogens (tertiary/aromatic N) is 2. The molecule has 1 amide bonds. The number of carbonyl (C=O) groups is 1. The molecule has 1 saturated carbocycles. The van der Waals surface area contributed by atoms with E-state index in [0.717, 1.165) is 38.7 Å². The van der Waals surface area contributed by atoms with Gasteiger partial charge in [-0.15, -0.1) is 0 Å². The Kier molecular flexibility index (Phi) is 5.41. The molecule has 1 aliphatic heterocycles. The third kappa shape index (κ3) is 4.92. The molecule has 0 unspecified atom stereocenters.